The fraction of sp³-hybridized carbons (Fsp3) is 0.692. The van der Waals surface area contributed by atoms with Crippen LogP contribution in [0.5, 0.6) is 5.75 Å². The van der Waals surface area contributed by atoms with Gasteiger partial charge in [-0.2, -0.15) is 0 Å². The summed E-state index contributed by atoms with van der Waals surface area (Å²) < 4.78 is 11.0. The molecule has 2 nitrogen and oxygen atoms in total. The van der Waals surface area contributed by atoms with Crippen molar-refractivity contribution in [3.05, 3.63) is 42.0 Å². The van der Waals surface area contributed by atoms with Crippen molar-refractivity contribution in [2.24, 2.45) is 0 Å². The summed E-state index contributed by atoms with van der Waals surface area (Å²) in [7, 11) is 0. The van der Waals surface area contributed by atoms with Gasteiger partial charge in [-0.05, 0) is 56.2 Å². The highest BCUT2D eigenvalue weighted by Gasteiger charge is 2.22. The Bertz CT molecular complexity index is 519. The van der Waals surface area contributed by atoms with Crippen LogP contribution in [-0.2, 0) is 11.2 Å². The maximum atomic E-state index is 5.77. The van der Waals surface area contributed by atoms with Crippen LogP contribution in [0.1, 0.15) is 96.0 Å². The highest BCUT2D eigenvalue weighted by atomic mass is 16.6. The van der Waals surface area contributed by atoms with Crippen LogP contribution in [0.3, 0.4) is 0 Å². The van der Waals surface area contributed by atoms with E-state index in [1.165, 1.54) is 89.0 Å². The number of ether oxygens (including phenoxy) is 2. The van der Waals surface area contributed by atoms with Crippen molar-refractivity contribution in [2.75, 3.05) is 13.2 Å². The largest absolute Gasteiger partial charge is 0.491 e. The zero-order chi connectivity index (χ0) is 19.7. The third-order valence-electron chi connectivity index (χ3n) is 5.46. The molecule has 0 N–H and O–H groups in total. The molecule has 158 valence electrons. The number of rotatable bonds is 18. The molecule has 1 atom stereocenters. The molecule has 1 aromatic rings. The van der Waals surface area contributed by atoms with E-state index in [-0.39, 0.29) is 0 Å². The van der Waals surface area contributed by atoms with Crippen molar-refractivity contribution >= 4 is 0 Å². The second-order valence-corrected chi connectivity index (χ2v) is 8.25. The monoisotopic (exact) mass is 386 g/mol. The normalized spacial score (nSPS) is 16.0. The maximum absolute atomic E-state index is 5.77. The lowest BCUT2D eigenvalue weighted by Crippen LogP contribution is -2.04. The molecule has 0 aliphatic carbocycles. The van der Waals surface area contributed by atoms with Crippen LogP contribution in [0, 0.1) is 0 Å². The predicted octanol–water partition coefficient (Wildman–Crippen LogP) is 7.65. The average molecular weight is 387 g/mol. The first kappa shape index (κ1) is 23.0. The van der Waals surface area contributed by atoms with E-state index in [4.69, 9.17) is 9.47 Å². The highest BCUT2D eigenvalue weighted by Crippen LogP contribution is 2.18. The van der Waals surface area contributed by atoms with Gasteiger partial charge in [-0.1, -0.05) is 82.6 Å². The van der Waals surface area contributed by atoms with Gasteiger partial charge in [0.15, 0.2) is 0 Å². The smallest absolute Gasteiger partial charge is 0.119 e. The van der Waals surface area contributed by atoms with Gasteiger partial charge in [0.05, 0.1) is 6.61 Å². The van der Waals surface area contributed by atoms with Crippen LogP contribution in [0.4, 0.5) is 0 Å². The second-order valence-electron chi connectivity index (χ2n) is 8.25. The third-order valence-corrected chi connectivity index (χ3v) is 5.46. The molecule has 2 rings (SSSR count). The van der Waals surface area contributed by atoms with E-state index in [0.717, 1.165) is 18.8 Å². The first-order valence-electron chi connectivity index (χ1n) is 11.9. The van der Waals surface area contributed by atoms with Crippen molar-refractivity contribution in [2.45, 2.75) is 103 Å². The molecule has 0 spiro atoms. The Balaban J connectivity index is 1.37. The fourth-order valence-corrected chi connectivity index (χ4v) is 3.54. The molecule has 0 aromatic heterocycles. The van der Waals surface area contributed by atoms with Crippen LogP contribution < -0.4 is 4.74 Å². The van der Waals surface area contributed by atoms with Crippen LogP contribution in [0.25, 0.3) is 0 Å². The van der Waals surface area contributed by atoms with Crippen molar-refractivity contribution in [3.63, 3.8) is 0 Å². The summed E-state index contributed by atoms with van der Waals surface area (Å²) in [5.74, 6) is 0.988. The fourth-order valence-electron chi connectivity index (χ4n) is 3.54. The molecule has 1 unspecified atom stereocenters. The first-order valence-corrected chi connectivity index (χ1v) is 11.9. The molecule has 1 fully saturated rings. The van der Waals surface area contributed by atoms with Crippen molar-refractivity contribution in [1.82, 2.24) is 0 Å². The van der Waals surface area contributed by atoms with Gasteiger partial charge < -0.3 is 9.47 Å². The summed E-state index contributed by atoms with van der Waals surface area (Å²) in [6.07, 6.45) is 23.9. The van der Waals surface area contributed by atoms with Crippen molar-refractivity contribution < 1.29 is 9.47 Å². The number of unbranched alkanes of at least 4 members (excludes halogenated alkanes) is 11. The van der Waals surface area contributed by atoms with Gasteiger partial charge in [0.25, 0.3) is 0 Å². The summed E-state index contributed by atoms with van der Waals surface area (Å²) in [6, 6.07) is 8.57. The third kappa shape index (κ3) is 12.2. The molecule has 1 aliphatic rings. The maximum Gasteiger partial charge on any atom is 0.119 e. The van der Waals surface area contributed by atoms with Gasteiger partial charge in [0, 0.05) is 0 Å². The van der Waals surface area contributed by atoms with Gasteiger partial charge in [0.2, 0.25) is 0 Å². The van der Waals surface area contributed by atoms with Crippen LogP contribution in [-0.4, -0.2) is 19.3 Å². The van der Waals surface area contributed by atoms with Gasteiger partial charge in [-0.15, -0.1) is 0 Å². The van der Waals surface area contributed by atoms with Gasteiger partial charge in [0.1, 0.15) is 18.5 Å². The highest BCUT2D eigenvalue weighted by molar-refractivity contribution is 5.28. The van der Waals surface area contributed by atoms with Crippen LogP contribution in [0.15, 0.2) is 36.4 Å². The molecule has 1 aliphatic heterocycles. The van der Waals surface area contributed by atoms with Gasteiger partial charge >= 0.3 is 0 Å². The molecule has 28 heavy (non-hydrogen) atoms. The molecule has 1 heterocycles. The van der Waals surface area contributed by atoms with E-state index < -0.39 is 0 Å². The minimum absolute atomic E-state index is 0.328. The molecule has 0 bridgehead atoms. The number of hydrogen-bond acceptors (Lipinski definition) is 2. The average Bonchev–Trinajstić information content (AvgIpc) is 3.54. The molecule has 0 saturated carbocycles. The van der Waals surface area contributed by atoms with Crippen molar-refractivity contribution in [3.8, 4) is 5.75 Å². The van der Waals surface area contributed by atoms with E-state index in [1.807, 2.05) is 6.07 Å². The summed E-state index contributed by atoms with van der Waals surface area (Å²) in [6.45, 7) is 3.83. The van der Waals surface area contributed by atoms with Crippen molar-refractivity contribution in [1.29, 1.82) is 0 Å². The molecule has 0 radical (unpaired) electrons. The Morgan fingerprint density at radius 3 is 2.21 bits per heavy atom. The molecular formula is C26H42O2. The number of hydrogen-bond donors (Lipinski definition) is 0. The van der Waals surface area contributed by atoms with Crippen LogP contribution >= 0.6 is 0 Å². The van der Waals surface area contributed by atoms with E-state index in [0.29, 0.717) is 12.7 Å². The Hall–Kier alpha value is -1.28. The van der Waals surface area contributed by atoms with E-state index in [9.17, 15) is 0 Å². The molecule has 2 heteroatoms. The lowest BCUT2D eigenvalue weighted by molar-refractivity contribution is 0.263. The molecule has 0 amide bonds. The topological polar surface area (TPSA) is 21.8 Å². The lowest BCUT2D eigenvalue weighted by Gasteiger charge is -2.07. The van der Waals surface area contributed by atoms with E-state index >= 15 is 0 Å². The Morgan fingerprint density at radius 2 is 1.54 bits per heavy atom. The standard InChI is InChI=1S/C26H42O2/c1-2-3-4-5-6-7-8-9-10-11-12-13-14-15-16-18-24-19-17-20-25(21-24)27-22-26-23-28-26/h8-9,17,19-21,26H,2-7,10-16,18,22-23H2,1H3/b9-8+. The zero-order valence-corrected chi connectivity index (χ0v) is 18.2. The molecule has 1 aromatic carbocycles. The minimum Gasteiger partial charge on any atom is -0.491 e. The lowest BCUT2D eigenvalue weighted by atomic mass is 10.0. The Kier molecular flexibility index (Phi) is 12.8. The SMILES string of the molecule is CCCCCCC/C=C/CCCCCCCCc1cccc(OCC2CO2)c1. The predicted molar refractivity (Wildman–Crippen MR) is 120 cm³/mol. The number of aryl methyl sites for hydroxylation is 1. The number of benzene rings is 1. The van der Waals surface area contributed by atoms with Gasteiger partial charge in [-0.3, -0.25) is 0 Å². The van der Waals surface area contributed by atoms with E-state index in [1.54, 1.807) is 0 Å². The number of allylic oxidation sites excluding steroid dienone is 2. The summed E-state index contributed by atoms with van der Waals surface area (Å²) >= 11 is 0. The molecular weight excluding hydrogens is 344 g/mol. The summed E-state index contributed by atoms with van der Waals surface area (Å²) in [5, 5.41) is 0. The van der Waals surface area contributed by atoms with Crippen LogP contribution in [0.2, 0.25) is 0 Å². The van der Waals surface area contributed by atoms with Gasteiger partial charge in [-0.25, -0.2) is 0 Å². The quantitative estimate of drug-likeness (QED) is 0.147. The summed E-state index contributed by atoms with van der Waals surface area (Å²) in [5.41, 5.74) is 1.40. The molecule has 1 saturated heterocycles. The zero-order valence-electron chi connectivity index (χ0n) is 18.2. The minimum atomic E-state index is 0.328. The summed E-state index contributed by atoms with van der Waals surface area (Å²) in [4.78, 5) is 0. The first-order chi connectivity index (χ1) is 13.9. The second kappa shape index (κ2) is 15.6. The van der Waals surface area contributed by atoms with E-state index in [2.05, 4.69) is 37.3 Å². The Morgan fingerprint density at radius 1 is 0.893 bits per heavy atom. The number of epoxide rings is 1. The Labute approximate surface area is 173 Å².